The Morgan fingerprint density at radius 2 is 1.06 bits per heavy atom. The van der Waals surface area contributed by atoms with Gasteiger partial charge in [0.15, 0.2) is 0 Å². The highest BCUT2D eigenvalue weighted by molar-refractivity contribution is 7.91. The highest BCUT2D eigenvalue weighted by Crippen LogP contribution is 2.30. The first kappa shape index (κ1) is 19.1. The molecule has 0 heterocycles. The second-order valence-electron chi connectivity index (χ2n) is 4.79. The van der Waals surface area contributed by atoms with Gasteiger partial charge in [0.1, 0.15) is 0 Å². The first-order chi connectivity index (χ1) is 8.54. The van der Waals surface area contributed by atoms with Gasteiger partial charge < -0.3 is 0 Å². The molecule has 108 valence electrons. The van der Waals surface area contributed by atoms with Crippen molar-refractivity contribution < 1.29 is 0 Å². The average molecular weight is 325 g/mol. The van der Waals surface area contributed by atoms with Crippen LogP contribution in [0, 0.1) is 0 Å². The lowest BCUT2D eigenvalue weighted by molar-refractivity contribution is 0.670. The Morgan fingerprint density at radius 1 is 0.722 bits per heavy atom. The van der Waals surface area contributed by atoms with Crippen molar-refractivity contribution in [3.63, 3.8) is 0 Å². The molecule has 0 N–H and O–H groups in total. The Balaban J connectivity index is 4.20. The van der Waals surface area contributed by atoms with Gasteiger partial charge in [0.05, 0.1) is 0 Å². The number of unbranched alkanes of at least 4 members (excludes halogenated alkanes) is 4. The lowest BCUT2D eigenvalue weighted by Crippen LogP contribution is -2.07. The molecule has 0 fully saturated rings. The monoisotopic (exact) mass is 324 g/mol. The number of hydrogen-bond donors (Lipinski definition) is 4. The van der Waals surface area contributed by atoms with Crippen molar-refractivity contribution in [1.29, 1.82) is 0 Å². The van der Waals surface area contributed by atoms with Gasteiger partial charge in [-0.15, -0.1) is 25.3 Å². The third-order valence-corrected chi connectivity index (χ3v) is 5.78. The summed E-state index contributed by atoms with van der Waals surface area (Å²) in [7, 11) is 0. The van der Waals surface area contributed by atoms with E-state index in [1.165, 1.54) is 38.5 Å². The summed E-state index contributed by atoms with van der Waals surface area (Å²) < 4.78 is 0. The Bertz CT molecular complexity index is 214. The summed E-state index contributed by atoms with van der Waals surface area (Å²) in [6.07, 6.45) is 9.59. The number of hydrogen-bond acceptors (Lipinski definition) is 4. The molecule has 0 bridgehead atoms. The molecule has 0 saturated carbocycles. The van der Waals surface area contributed by atoms with E-state index in [1.807, 2.05) is 0 Å². The van der Waals surface area contributed by atoms with E-state index in [2.05, 4.69) is 64.4 Å². The summed E-state index contributed by atoms with van der Waals surface area (Å²) in [4.78, 5) is 2.02. The molecule has 0 aromatic carbocycles. The summed E-state index contributed by atoms with van der Waals surface area (Å²) in [6, 6.07) is 0. The highest BCUT2D eigenvalue weighted by Gasteiger charge is 2.14. The molecule has 0 amide bonds. The fraction of sp³-hybridized carbons (Fsp3) is 0.857. The highest BCUT2D eigenvalue weighted by atomic mass is 32.1. The number of thiol groups is 4. The summed E-state index contributed by atoms with van der Waals surface area (Å²) in [5.41, 5.74) is 0. The molecule has 0 saturated heterocycles. The van der Waals surface area contributed by atoms with E-state index in [-0.39, 0.29) is 10.5 Å². The second kappa shape index (κ2) is 11.9. The van der Waals surface area contributed by atoms with Crippen LogP contribution in [0.2, 0.25) is 0 Å². The molecule has 0 aliphatic heterocycles. The maximum atomic E-state index is 4.62. The lowest BCUT2D eigenvalue weighted by Gasteiger charge is -2.17. The fourth-order valence-electron chi connectivity index (χ4n) is 1.79. The topological polar surface area (TPSA) is 0 Å². The number of rotatable bonds is 10. The molecule has 0 spiro atoms. The van der Waals surface area contributed by atoms with Crippen LogP contribution in [-0.2, 0) is 0 Å². The third-order valence-electron chi connectivity index (χ3n) is 3.06. The van der Waals surface area contributed by atoms with Crippen molar-refractivity contribution in [2.45, 2.75) is 75.7 Å². The molecule has 4 heteroatoms. The summed E-state index contributed by atoms with van der Waals surface area (Å²) in [5, 5.41) is 0.432. The molecule has 0 rings (SSSR count). The van der Waals surface area contributed by atoms with Crippen molar-refractivity contribution in [2.24, 2.45) is 0 Å². The van der Waals surface area contributed by atoms with Gasteiger partial charge in [0.25, 0.3) is 0 Å². The maximum absolute atomic E-state index is 4.62. The molecule has 0 radical (unpaired) electrons. The van der Waals surface area contributed by atoms with Gasteiger partial charge in [-0.05, 0) is 12.8 Å². The molecule has 0 aromatic heterocycles. The van der Waals surface area contributed by atoms with Crippen molar-refractivity contribution >= 4 is 50.5 Å². The van der Waals surface area contributed by atoms with Crippen LogP contribution < -0.4 is 0 Å². The van der Waals surface area contributed by atoms with Crippen molar-refractivity contribution in [1.82, 2.24) is 0 Å². The first-order valence-corrected chi connectivity index (χ1v) is 8.95. The van der Waals surface area contributed by atoms with E-state index in [0.717, 1.165) is 22.7 Å². The van der Waals surface area contributed by atoms with Crippen LogP contribution in [-0.4, -0.2) is 10.5 Å². The van der Waals surface area contributed by atoms with Crippen molar-refractivity contribution in [2.75, 3.05) is 0 Å². The van der Waals surface area contributed by atoms with Crippen LogP contribution in [0.1, 0.15) is 65.2 Å². The Morgan fingerprint density at radius 3 is 1.33 bits per heavy atom. The molecule has 0 nitrogen and oxygen atoms in total. The van der Waals surface area contributed by atoms with Gasteiger partial charge in [-0.25, -0.2) is 0 Å². The zero-order valence-corrected chi connectivity index (χ0v) is 15.2. The van der Waals surface area contributed by atoms with Crippen molar-refractivity contribution in [3.05, 3.63) is 9.81 Å². The van der Waals surface area contributed by atoms with E-state index < -0.39 is 0 Å². The van der Waals surface area contributed by atoms with E-state index >= 15 is 0 Å². The van der Waals surface area contributed by atoms with Gasteiger partial charge in [-0.3, -0.25) is 0 Å². The first-order valence-electron chi connectivity index (χ1n) is 7.02. The molecule has 0 aliphatic carbocycles. The van der Waals surface area contributed by atoms with E-state index in [4.69, 9.17) is 0 Å². The molecule has 0 aromatic rings. The van der Waals surface area contributed by atoms with Gasteiger partial charge in [0, 0.05) is 20.3 Å². The van der Waals surface area contributed by atoms with E-state index in [9.17, 15) is 0 Å². The Labute approximate surface area is 135 Å². The maximum Gasteiger partial charge on any atom is 0.0332 e. The Kier molecular flexibility index (Phi) is 12.7. The molecule has 18 heavy (non-hydrogen) atoms. The smallest absolute Gasteiger partial charge is 0.0332 e. The standard InChI is InChI=1S/C14H28S4/c1-3-5-7-9-11(15)13(17)14(18)12(16)10-8-6-4-2/h11-12,15-18H,3-10H2,1-2H3/b14-13-. The van der Waals surface area contributed by atoms with Crippen LogP contribution in [0.15, 0.2) is 9.81 Å². The van der Waals surface area contributed by atoms with Crippen LogP contribution in [0.25, 0.3) is 0 Å². The molecular formula is C14H28S4. The van der Waals surface area contributed by atoms with Gasteiger partial charge >= 0.3 is 0 Å². The van der Waals surface area contributed by atoms with Crippen molar-refractivity contribution in [3.8, 4) is 0 Å². The SMILES string of the molecule is CCCCCC(S)/C(S)=C(/S)C(S)CCCCC. The van der Waals surface area contributed by atoms with E-state index in [1.54, 1.807) is 0 Å². The van der Waals surface area contributed by atoms with Crippen LogP contribution in [0.5, 0.6) is 0 Å². The Hall–Kier alpha value is 1.14. The van der Waals surface area contributed by atoms with Crippen LogP contribution in [0.4, 0.5) is 0 Å². The van der Waals surface area contributed by atoms with Gasteiger partial charge in [-0.1, -0.05) is 52.4 Å². The summed E-state index contributed by atoms with van der Waals surface area (Å²) >= 11 is 18.4. The minimum atomic E-state index is 0.216. The molecule has 0 aliphatic rings. The van der Waals surface area contributed by atoms with Crippen LogP contribution in [0.3, 0.4) is 0 Å². The quantitative estimate of drug-likeness (QED) is 0.283. The molecule has 2 unspecified atom stereocenters. The predicted octanol–water partition coefficient (Wildman–Crippen LogP) is 5.82. The predicted molar refractivity (Wildman–Crippen MR) is 98.8 cm³/mol. The molecular weight excluding hydrogens is 296 g/mol. The fourth-order valence-corrected chi connectivity index (χ4v) is 3.21. The minimum absolute atomic E-state index is 0.216. The third kappa shape index (κ3) is 8.34. The zero-order chi connectivity index (χ0) is 14.0. The second-order valence-corrected chi connectivity index (χ2v) is 7.00. The van der Waals surface area contributed by atoms with E-state index in [0.29, 0.717) is 0 Å². The van der Waals surface area contributed by atoms with Gasteiger partial charge in [-0.2, -0.15) is 25.3 Å². The largest absolute Gasteiger partial charge is 0.171 e. The van der Waals surface area contributed by atoms with Gasteiger partial charge in [0.2, 0.25) is 0 Å². The minimum Gasteiger partial charge on any atom is -0.171 e. The summed E-state index contributed by atoms with van der Waals surface area (Å²) in [5.74, 6) is 0. The average Bonchev–Trinajstić information content (AvgIpc) is 2.37. The molecule has 2 atom stereocenters. The zero-order valence-electron chi connectivity index (χ0n) is 11.6. The summed E-state index contributed by atoms with van der Waals surface area (Å²) in [6.45, 7) is 4.43. The van der Waals surface area contributed by atoms with Crippen LogP contribution >= 0.6 is 50.5 Å². The lowest BCUT2D eigenvalue weighted by atomic mass is 10.1. The normalized spacial score (nSPS) is 16.3.